The molecule has 0 spiro atoms. The Morgan fingerprint density at radius 3 is 2.28 bits per heavy atom. The molecule has 0 aliphatic carbocycles. The van der Waals surface area contributed by atoms with Crippen molar-refractivity contribution in [2.24, 2.45) is 0 Å². The second-order valence-electron chi connectivity index (χ2n) is 8.33. The summed E-state index contributed by atoms with van der Waals surface area (Å²) in [6.45, 7) is 0.540. The van der Waals surface area contributed by atoms with Crippen LogP contribution in [0.25, 0.3) is 0 Å². The molecular weight excluding hydrogens is 461 g/mol. The second-order valence-corrected chi connectivity index (χ2v) is 8.33. The average molecular weight is 483 g/mol. The largest absolute Gasteiger partial charge is 0.459 e. The zero-order valence-electron chi connectivity index (χ0n) is 19.2. The molecule has 0 saturated heterocycles. The number of nitrogens with zero attached hydrogens (tertiary/aromatic N) is 1. The van der Waals surface area contributed by atoms with E-state index in [1.54, 1.807) is 53.4 Å². The average Bonchev–Trinajstić information content (AvgIpc) is 3.44. The third-order valence-corrected chi connectivity index (χ3v) is 5.99. The van der Waals surface area contributed by atoms with Gasteiger partial charge in [0.25, 0.3) is 17.7 Å². The number of nitrogens with one attached hydrogen (secondary N) is 2. The van der Waals surface area contributed by atoms with E-state index in [4.69, 9.17) is 4.42 Å². The molecule has 4 aromatic rings. The minimum atomic E-state index is -0.411. The first-order valence-corrected chi connectivity index (χ1v) is 11.5. The van der Waals surface area contributed by atoms with Crippen LogP contribution >= 0.6 is 0 Å². The molecule has 0 atom stereocenters. The van der Waals surface area contributed by atoms with E-state index in [0.29, 0.717) is 35.5 Å². The maximum atomic E-state index is 13.4. The second kappa shape index (κ2) is 9.87. The van der Waals surface area contributed by atoms with Crippen molar-refractivity contribution in [1.29, 1.82) is 0 Å². The number of benzene rings is 3. The summed E-state index contributed by atoms with van der Waals surface area (Å²) in [5.41, 5.74) is 3.58. The van der Waals surface area contributed by atoms with Crippen LogP contribution in [0.15, 0.2) is 89.5 Å². The zero-order chi connectivity index (χ0) is 25.1. The summed E-state index contributed by atoms with van der Waals surface area (Å²) in [4.78, 5) is 39.9. The number of hydrogen-bond acceptors (Lipinski definition) is 4. The molecule has 1 aromatic heterocycles. The molecule has 0 radical (unpaired) electrons. The van der Waals surface area contributed by atoms with E-state index >= 15 is 0 Å². The smallest absolute Gasteiger partial charge is 0.291 e. The van der Waals surface area contributed by atoms with Gasteiger partial charge in [0.15, 0.2) is 5.76 Å². The van der Waals surface area contributed by atoms with Crippen molar-refractivity contribution in [3.05, 3.63) is 113 Å². The van der Waals surface area contributed by atoms with Crippen LogP contribution in [0, 0.1) is 5.82 Å². The van der Waals surface area contributed by atoms with Gasteiger partial charge in [0.2, 0.25) is 0 Å². The van der Waals surface area contributed by atoms with E-state index in [2.05, 4.69) is 10.6 Å². The van der Waals surface area contributed by atoms with Crippen LogP contribution in [0.3, 0.4) is 0 Å². The van der Waals surface area contributed by atoms with E-state index in [-0.39, 0.29) is 23.5 Å². The normalized spacial score (nSPS) is 12.5. The van der Waals surface area contributed by atoms with Crippen molar-refractivity contribution in [2.45, 2.75) is 12.8 Å². The molecule has 8 heteroatoms. The van der Waals surface area contributed by atoms with Crippen LogP contribution in [0.5, 0.6) is 0 Å². The molecule has 180 valence electrons. The third kappa shape index (κ3) is 4.74. The van der Waals surface area contributed by atoms with Gasteiger partial charge in [-0.1, -0.05) is 6.07 Å². The summed E-state index contributed by atoms with van der Waals surface area (Å²) in [7, 11) is 0. The van der Waals surface area contributed by atoms with E-state index in [9.17, 15) is 18.8 Å². The van der Waals surface area contributed by atoms with Gasteiger partial charge in [-0.2, -0.15) is 0 Å². The first-order valence-electron chi connectivity index (χ1n) is 11.5. The molecule has 0 fully saturated rings. The number of amides is 3. The number of carbonyl (C=O) groups is 3. The number of hydrogen-bond donors (Lipinski definition) is 2. The molecule has 5 rings (SSSR count). The number of rotatable bonds is 5. The summed E-state index contributed by atoms with van der Waals surface area (Å²) < 4.78 is 18.3. The Morgan fingerprint density at radius 1 is 0.806 bits per heavy atom. The van der Waals surface area contributed by atoms with Crippen molar-refractivity contribution in [3.8, 4) is 0 Å². The van der Waals surface area contributed by atoms with Gasteiger partial charge in [-0.05, 0) is 91.2 Å². The van der Waals surface area contributed by atoms with E-state index in [1.165, 1.54) is 30.5 Å². The molecule has 3 amide bonds. The van der Waals surface area contributed by atoms with Crippen LogP contribution in [0.4, 0.5) is 21.5 Å². The van der Waals surface area contributed by atoms with Crippen molar-refractivity contribution in [3.63, 3.8) is 0 Å². The molecule has 2 heterocycles. The minimum Gasteiger partial charge on any atom is -0.459 e. The summed E-state index contributed by atoms with van der Waals surface area (Å²) in [6, 6.07) is 20.6. The fourth-order valence-electron chi connectivity index (χ4n) is 4.20. The standard InChI is InChI=1S/C28H22FN3O4/c29-20-12-8-18(9-13-20)26(33)31-23-5-1-6-24-22(23)4-2-16-32(24)28(35)19-10-14-21(15-11-19)30-27(34)25-7-3-17-36-25/h1,3,5-15,17H,2,4,16H2,(H,30,34)(H,31,33). The highest BCUT2D eigenvalue weighted by Crippen LogP contribution is 2.34. The first kappa shape index (κ1) is 23.0. The Labute approximate surface area is 206 Å². The van der Waals surface area contributed by atoms with Crippen LogP contribution in [0.1, 0.15) is 43.3 Å². The highest BCUT2D eigenvalue weighted by molar-refractivity contribution is 6.09. The Morgan fingerprint density at radius 2 is 1.56 bits per heavy atom. The van der Waals surface area contributed by atoms with E-state index in [1.807, 2.05) is 6.07 Å². The van der Waals surface area contributed by atoms with Gasteiger partial charge >= 0.3 is 0 Å². The highest BCUT2D eigenvalue weighted by atomic mass is 19.1. The maximum Gasteiger partial charge on any atom is 0.291 e. The Balaban J connectivity index is 1.33. The van der Waals surface area contributed by atoms with Crippen LogP contribution in [-0.4, -0.2) is 24.3 Å². The summed E-state index contributed by atoms with van der Waals surface area (Å²) in [5.74, 6) is -1.12. The quantitative estimate of drug-likeness (QED) is 0.391. The molecule has 1 aliphatic rings. The number of furan rings is 1. The maximum absolute atomic E-state index is 13.4. The molecule has 7 nitrogen and oxygen atoms in total. The highest BCUT2D eigenvalue weighted by Gasteiger charge is 2.26. The molecule has 3 aromatic carbocycles. The zero-order valence-corrected chi connectivity index (χ0v) is 19.2. The van der Waals surface area contributed by atoms with Gasteiger partial charge in [-0.3, -0.25) is 14.4 Å². The van der Waals surface area contributed by atoms with Gasteiger partial charge < -0.3 is 20.0 Å². The van der Waals surface area contributed by atoms with Crippen molar-refractivity contribution >= 4 is 34.8 Å². The summed E-state index contributed by atoms with van der Waals surface area (Å²) in [5, 5.41) is 5.62. The molecule has 1 aliphatic heterocycles. The molecule has 36 heavy (non-hydrogen) atoms. The number of carbonyl (C=O) groups excluding carboxylic acids is 3. The SMILES string of the molecule is O=C(Nc1cccc2c1CCCN2C(=O)c1ccc(NC(=O)c2ccco2)cc1)c1ccc(F)cc1. The topological polar surface area (TPSA) is 91.7 Å². The first-order chi connectivity index (χ1) is 17.5. The van der Waals surface area contributed by atoms with E-state index < -0.39 is 5.82 Å². The third-order valence-electron chi connectivity index (χ3n) is 5.99. The lowest BCUT2D eigenvalue weighted by molar-refractivity contribution is 0.0982. The molecule has 0 unspecified atom stereocenters. The van der Waals surface area contributed by atoms with Gasteiger partial charge in [0, 0.05) is 34.7 Å². The van der Waals surface area contributed by atoms with Crippen molar-refractivity contribution < 1.29 is 23.2 Å². The van der Waals surface area contributed by atoms with Gasteiger partial charge in [-0.15, -0.1) is 0 Å². The molecule has 0 bridgehead atoms. The predicted octanol–water partition coefficient (Wildman–Crippen LogP) is 5.52. The van der Waals surface area contributed by atoms with Crippen molar-refractivity contribution in [2.75, 3.05) is 22.1 Å². The Kier molecular flexibility index (Phi) is 6.32. The van der Waals surface area contributed by atoms with Crippen molar-refractivity contribution in [1.82, 2.24) is 0 Å². The van der Waals surface area contributed by atoms with Crippen LogP contribution in [-0.2, 0) is 6.42 Å². The fraction of sp³-hybridized carbons (Fsp3) is 0.107. The lowest BCUT2D eigenvalue weighted by Gasteiger charge is -2.31. The van der Waals surface area contributed by atoms with E-state index in [0.717, 1.165) is 17.7 Å². The molecule has 2 N–H and O–H groups in total. The Hall–Kier alpha value is -4.72. The molecular formula is C28H22FN3O4. The van der Waals surface area contributed by atoms with Gasteiger partial charge in [0.1, 0.15) is 5.82 Å². The lowest BCUT2D eigenvalue weighted by atomic mass is 9.98. The minimum absolute atomic E-state index is 0.179. The number of halogens is 1. The van der Waals surface area contributed by atoms with Crippen LogP contribution in [0.2, 0.25) is 0 Å². The monoisotopic (exact) mass is 483 g/mol. The lowest BCUT2D eigenvalue weighted by Crippen LogP contribution is -2.35. The fourth-order valence-corrected chi connectivity index (χ4v) is 4.20. The summed E-state index contributed by atoms with van der Waals surface area (Å²) in [6.07, 6.45) is 2.86. The van der Waals surface area contributed by atoms with Gasteiger partial charge in [0.05, 0.1) is 6.26 Å². The number of anilines is 3. The Bertz CT molecular complexity index is 1410. The van der Waals surface area contributed by atoms with Crippen LogP contribution < -0.4 is 15.5 Å². The molecule has 0 saturated carbocycles. The number of fused-ring (bicyclic) bond motifs is 1. The summed E-state index contributed by atoms with van der Waals surface area (Å²) >= 11 is 0. The van der Waals surface area contributed by atoms with Gasteiger partial charge in [-0.25, -0.2) is 4.39 Å². The predicted molar refractivity (Wildman–Crippen MR) is 134 cm³/mol.